The first-order chi connectivity index (χ1) is 11.9. The Bertz CT molecular complexity index is 1050. The fourth-order valence-corrected chi connectivity index (χ4v) is 2.58. The molecule has 25 heavy (non-hydrogen) atoms. The number of hydrogen-bond donors (Lipinski definition) is 2. The normalized spacial score (nSPS) is 13.4. The van der Waals surface area contributed by atoms with Gasteiger partial charge in [-0.2, -0.15) is 23.3 Å². The summed E-state index contributed by atoms with van der Waals surface area (Å²) in [6.07, 6.45) is 2.46. The zero-order chi connectivity index (χ0) is 17.6. The molecule has 9 heteroatoms. The third kappa shape index (κ3) is 2.77. The molecule has 0 fully saturated rings. The van der Waals surface area contributed by atoms with Crippen molar-refractivity contribution in [3.05, 3.63) is 43.0 Å². The molecule has 1 atom stereocenters. The Hall–Kier alpha value is -3.10. The molecule has 2 N–H and O–H groups in total. The number of nitrogens with zero attached hydrogens (tertiary/aromatic N) is 4. The standard InChI is InChI=1S/C16H13F3N6/c1-9(16(17,18)19)23-15-21-8-13-12(7-20-14(13)24-15)10-3-5-25-11(6-10)2-4-22-25/h2-9H,1H3,(H2,20,21,23,24)/t9-/m1/s1. The predicted octanol–water partition coefficient (Wildman–Crippen LogP) is 3.64. The van der Waals surface area contributed by atoms with Gasteiger partial charge in [-0.1, -0.05) is 0 Å². The Labute approximate surface area is 139 Å². The summed E-state index contributed by atoms with van der Waals surface area (Å²) in [5, 5.41) is 7.14. The van der Waals surface area contributed by atoms with Gasteiger partial charge in [0.15, 0.2) is 0 Å². The number of pyridine rings is 1. The number of aromatic nitrogens is 5. The molecule has 0 saturated heterocycles. The largest absolute Gasteiger partial charge is 0.408 e. The van der Waals surface area contributed by atoms with Crippen molar-refractivity contribution in [2.45, 2.75) is 19.1 Å². The second-order valence-electron chi connectivity index (χ2n) is 5.68. The first-order valence-electron chi connectivity index (χ1n) is 7.53. The number of fused-ring (bicyclic) bond motifs is 2. The molecule has 4 rings (SSSR count). The van der Waals surface area contributed by atoms with Crippen LogP contribution in [0.25, 0.3) is 27.7 Å². The van der Waals surface area contributed by atoms with Crippen molar-refractivity contribution < 1.29 is 13.2 Å². The van der Waals surface area contributed by atoms with Gasteiger partial charge in [0.2, 0.25) is 5.95 Å². The summed E-state index contributed by atoms with van der Waals surface area (Å²) in [6.45, 7) is 1.02. The lowest BCUT2D eigenvalue weighted by Gasteiger charge is -2.16. The molecule has 0 bridgehead atoms. The average Bonchev–Trinajstić information content (AvgIpc) is 3.19. The highest BCUT2D eigenvalue weighted by molar-refractivity contribution is 5.94. The smallest absolute Gasteiger partial charge is 0.345 e. The molecule has 0 aliphatic carbocycles. The van der Waals surface area contributed by atoms with Crippen molar-refractivity contribution in [2.24, 2.45) is 0 Å². The fourth-order valence-electron chi connectivity index (χ4n) is 2.58. The van der Waals surface area contributed by atoms with Gasteiger partial charge in [-0.3, -0.25) is 0 Å². The van der Waals surface area contributed by atoms with Gasteiger partial charge in [0, 0.05) is 35.7 Å². The van der Waals surface area contributed by atoms with E-state index in [0.29, 0.717) is 5.65 Å². The first-order valence-corrected chi connectivity index (χ1v) is 7.53. The second kappa shape index (κ2) is 5.47. The maximum Gasteiger partial charge on any atom is 0.408 e. The van der Waals surface area contributed by atoms with Crippen molar-refractivity contribution in [3.63, 3.8) is 0 Å². The monoisotopic (exact) mass is 346 g/mol. The van der Waals surface area contributed by atoms with Crippen LogP contribution in [0, 0.1) is 0 Å². The van der Waals surface area contributed by atoms with E-state index in [1.54, 1.807) is 16.9 Å². The van der Waals surface area contributed by atoms with Gasteiger partial charge in [-0.25, -0.2) is 9.50 Å². The van der Waals surface area contributed by atoms with Gasteiger partial charge in [0.05, 0.1) is 5.52 Å². The SMILES string of the molecule is C[C@@H](Nc1ncc2c(-c3ccn4nccc4c3)c[nH]c2n1)C(F)(F)F. The van der Waals surface area contributed by atoms with Crippen molar-refractivity contribution in [2.75, 3.05) is 5.32 Å². The minimum atomic E-state index is -4.36. The van der Waals surface area contributed by atoms with Crippen LogP contribution < -0.4 is 5.32 Å². The van der Waals surface area contributed by atoms with Crippen LogP contribution in [0.5, 0.6) is 0 Å². The summed E-state index contributed by atoms with van der Waals surface area (Å²) >= 11 is 0. The van der Waals surface area contributed by atoms with Gasteiger partial charge in [-0.05, 0) is 30.7 Å². The number of nitrogens with one attached hydrogen (secondary N) is 2. The Morgan fingerprint density at radius 3 is 2.92 bits per heavy atom. The topological polar surface area (TPSA) is 70.9 Å². The minimum Gasteiger partial charge on any atom is -0.345 e. The molecule has 128 valence electrons. The van der Waals surface area contributed by atoms with E-state index in [4.69, 9.17) is 0 Å². The first kappa shape index (κ1) is 15.4. The van der Waals surface area contributed by atoms with Crippen LogP contribution in [0.2, 0.25) is 0 Å². The molecule has 4 aromatic rings. The molecule has 0 amide bonds. The number of anilines is 1. The second-order valence-corrected chi connectivity index (χ2v) is 5.68. The molecule has 0 saturated carbocycles. The van der Waals surface area contributed by atoms with Gasteiger partial charge >= 0.3 is 6.18 Å². The molecule has 6 nitrogen and oxygen atoms in total. The van der Waals surface area contributed by atoms with E-state index in [1.165, 1.54) is 6.20 Å². The molecule has 4 heterocycles. The van der Waals surface area contributed by atoms with Crippen LogP contribution in [-0.4, -0.2) is 36.8 Å². The summed E-state index contributed by atoms with van der Waals surface area (Å²) in [5.41, 5.74) is 3.21. The van der Waals surface area contributed by atoms with Crippen LogP contribution in [0.3, 0.4) is 0 Å². The number of alkyl halides is 3. The molecule has 4 aromatic heterocycles. The lowest BCUT2D eigenvalue weighted by atomic mass is 10.1. The van der Waals surface area contributed by atoms with Crippen LogP contribution in [0.15, 0.2) is 43.0 Å². The van der Waals surface area contributed by atoms with E-state index >= 15 is 0 Å². The van der Waals surface area contributed by atoms with Gasteiger partial charge in [0.25, 0.3) is 0 Å². The molecular formula is C16H13F3N6. The lowest BCUT2D eigenvalue weighted by molar-refractivity contribution is -0.138. The highest BCUT2D eigenvalue weighted by atomic mass is 19.4. The summed E-state index contributed by atoms with van der Waals surface area (Å²) in [7, 11) is 0. The van der Waals surface area contributed by atoms with E-state index in [0.717, 1.165) is 29.0 Å². The number of hydrogen-bond acceptors (Lipinski definition) is 4. The van der Waals surface area contributed by atoms with Crippen LogP contribution >= 0.6 is 0 Å². The van der Waals surface area contributed by atoms with Crippen molar-refractivity contribution >= 4 is 22.5 Å². The molecule has 0 aliphatic heterocycles. The average molecular weight is 346 g/mol. The highest BCUT2D eigenvalue weighted by Crippen LogP contribution is 2.29. The zero-order valence-corrected chi connectivity index (χ0v) is 13.0. The van der Waals surface area contributed by atoms with E-state index in [2.05, 4.69) is 25.4 Å². The third-order valence-electron chi connectivity index (χ3n) is 3.98. The van der Waals surface area contributed by atoms with Crippen molar-refractivity contribution in [3.8, 4) is 11.1 Å². The maximum absolute atomic E-state index is 12.6. The van der Waals surface area contributed by atoms with E-state index in [-0.39, 0.29) is 5.95 Å². The molecular weight excluding hydrogens is 333 g/mol. The lowest BCUT2D eigenvalue weighted by Crippen LogP contribution is -2.33. The molecule has 0 aromatic carbocycles. The summed E-state index contributed by atoms with van der Waals surface area (Å²) in [4.78, 5) is 11.1. The Morgan fingerprint density at radius 1 is 1.28 bits per heavy atom. The summed E-state index contributed by atoms with van der Waals surface area (Å²) < 4.78 is 39.7. The van der Waals surface area contributed by atoms with Crippen LogP contribution in [-0.2, 0) is 0 Å². The predicted molar refractivity (Wildman–Crippen MR) is 87.2 cm³/mol. The van der Waals surface area contributed by atoms with Crippen LogP contribution in [0.4, 0.5) is 19.1 Å². The quantitative estimate of drug-likeness (QED) is 0.594. The Kier molecular flexibility index (Phi) is 3.38. The number of rotatable bonds is 3. The fraction of sp³-hybridized carbons (Fsp3) is 0.188. The molecule has 0 spiro atoms. The summed E-state index contributed by atoms with van der Waals surface area (Å²) in [6, 6.07) is 4.02. The number of aromatic amines is 1. The van der Waals surface area contributed by atoms with E-state index in [1.807, 2.05) is 24.4 Å². The summed E-state index contributed by atoms with van der Waals surface area (Å²) in [5.74, 6) is -0.0723. The molecule has 0 radical (unpaired) electrons. The maximum atomic E-state index is 12.6. The van der Waals surface area contributed by atoms with E-state index < -0.39 is 12.2 Å². The zero-order valence-electron chi connectivity index (χ0n) is 13.0. The van der Waals surface area contributed by atoms with E-state index in [9.17, 15) is 13.2 Å². The molecule has 0 unspecified atom stereocenters. The highest BCUT2D eigenvalue weighted by Gasteiger charge is 2.36. The Balaban J connectivity index is 1.70. The van der Waals surface area contributed by atoms with Gasteiger partial charge in [-0.15, -0.1) is 0 Å². The van der Waals surface area contributed by atoms with Gasteiger partial charge < -0.3 is 10.3 Å². The third-order valence-corrected chi connectivity index (χ3v) is 3.98. The number of halogens is 3. The number of H-pyrrole nitrogens is 1. The van der Waals surface area contributed by atoms with Crippen molar-refractivity contribution in [1.29, 1.82) is 0 Å². The molecule has 0 aliphatic rings. The van der Waals surface area contributed by atoms with Gasteiger partial charge in [0.1, 0.15) is 11.7 Å². The van der Waals surface area contributed by atoms with Crippen molar-refractivity contribution in [1.82, 2.24) is 24.6 Å². The minimum absolute atomic E-state index is 0.0723. The Morgan fingerprint density at radius 2 is 2.12 bits per heavy atom. The van der Waals surface area contributed by atoms with Crippen LogP contribution in [0.1, 0.15) is 6.92 Å².